The maximum absolute atomic E-state index is 11.3. The molecule has 0 aliphatic heterocycles. The van der Waals surface area contributed by atoms with Crippen molar-refractivity contribution in [3.63, 3.8) is 0 Å². The van der Waals surface area contributed by atoms with Crippen LogP contribution in [-0.4, -0.2) is 10.7 Å². The average Bonchev–Trinajstić information content (AvgIpc) is 2.75. The van der Waals surface area contributed by atoms with Gasteiger partial charge in [-0.1, -0.05) is 11.8 Å². The molecule has 0 spiro atoms. The monoisotopic (exact) mass is 277 g/mol. The topological polar surface area (TPSA) is 73.3 Å². The van der Waals surface area contributed by atoms with Crippen LogP contribution in [0.15, 0.2) is 44.7 Å². The van der Waals surface area contributed by atoms with Crippen molar-refractivity contribution in [2.75, 3.05) is 0 Å². The van der Waals surface area contributed by atoms with Gasteiger partial charge in [0.25, 0.3) is 5.69 Å². The third-order valence-electron chi connectivity index (χ3n) is 2.59. The van der Waals surface area contributed by atoms with Crippen molar-refractivity contribution in [1.29, 1.82) is 0 Å². The molecule has 2 aromatic rings. The lowest BCUT2D eigenvalue weighted by molar-refractivity contribution is -0.387. The molecule has 0 fully saturated rings. The van der Waals surface area contributed by atoms with Crippen LogP contribution < -0.4 is 0 Å². The Hall–Kier alpha value is -2.08. The molecule has 6 heteroatoms. The number of carbonyl (C=O) groups is 1. The standard InChI is InChI=1S/C13H11NO4S/c1-8(15)10-3-4-13(11(7-10)14(16)17)19-12-5-6-18-9(12)2/h3-7H,1-2H3. The third kappa shape index (κ3) is 2.85. The number of hydrogen-bond donors (Lipinski definition) is 0. The Bertz CT molecular complexity index is 648. The summed E-state index contributed by atoms with van der Waals surface area (Å²) < 4.78 is 5.15. The van der Waals surface area contributed by atoms with E-state index in [2.05, 4.69) is 0 Å². The van der Waals surface area contributed by atoms with E-state index in [1.807, 2.05) is 0 Å². The Kier molecular flexibility index (Phi) is 3.71. The third-order valence-corrected chi connectivity index (χ3v) is 3.80. The van der Waals surface area contributed by atoms with E-state index in [1.54, 1.807) is 25.1 Å². The van der Waals surface area contributed by atoms with E-state index in [0.29, 0.717) is 16.2 Å². The van der Waals surface area contributed by atoms with Crippen LogP contribution in [0.3, 0.4) is 0 Å². The second-order valence-electron chi connectivity index (χ2n) is 3.94. The molecule has 0 amide bonds. The predicted molar refractivity (Wildman–Crippen MR) is 70.7 cm³/mol. The quantitative estimate of drug-likeness (QED) is 0.482. The normalized spacial score (nSPS) is 10.4. The molecular weight excluding hydrogens is 266 g/mol. The molecule has 0 aliphatic rings. The summed E-state index contributed by atoms with van der Waals surface area (Å²) >= 11 is 1.25. The van der Waals surface area contributed by atoms with Crippen molar-refractivity contribution in [3.8, 4) is 0 Å². The molecule has 0 N–H and O–H groups in total. The Balaban J connectivity index is 2.43. The number of nitrogens with zero attached hydrogens (tertiary/aromatic N) is 1. The highest BCUT2D eigenvalue weighted by Crippen LogP contribution is 2.37. The highest BCUT2D eigenvalue weighted by atomic mass is 32.2. The molecule has 0 saturated heterocycles. The molecule has 98 valence electrons. The summed E-state index contributed by atoms with van der Waals surface area (Å²) in [5, 5.41) is 11.1. The molecule has 1 aromatic carbocycles. The van der Waals surface area contributed by atoms with E-state index in [-0.39, 0.29) is 11.5 Å². The first-order valence-electron chi connectivity index (χ1n) is 5.50. The number of nitro benzene ring substituents is 1. The Labute approximate surface area is 113 Å². The second kappa shape index (κ2) is 5.27. The van der Waals surface area contributed by atoms with Gasteiger partial charge in [-0.15, -0.1) is 0 Å². The number of ketones is 1. The second-order valence-corrected chi connectivity index (χ2v) is 5.02. The van der Waals surface area contributed by atoms with Crippen LogP contribution >= 0.6 is 11.8 Å². The Morgan fingerprint density at radius 3 is 2.58 bits per heavy atom. The van der Waals surface area contributed by atoms with Crippen molar-refractivity contribution in [2.24, 2.45) is 0 Å². The van der Waals surface area contributed by atoms with Crippen molar-refractivity contribution in [1.82, 2.24) is 0 Å². The summed E-state index contributed by atoms with van der Waals surface area (Å²) in [6.45, 7) is 3.17. The van der Waals surface area contributed by atoms with E-state index in [9.17, 15) is 14.9 Å². The summed E-state index contributed by atoms with van der Waals surface area (Å²) in [7, 11) is 0. The van der Waals surface area contributed by atoms with Gasteiger partial charge in [0.15, 0.2) is 5.78 Å². The lowest BCUT2D eigenvalue weighted by Crippen LogP contribution is -1.96. The number of Topliss-reactive ketones (excluding diaryl/α,β-unsaturated/α-hetero) is 1. The Morgan fingerprint density at radius 1 is 1.32 bits per heavy atom. The minimum absolute atomic E-state index is 0.0710. The summed E-state index contributed by atoms with van der Waals surface area (Å²) in [6.07, 6.45) is 1.54. The minimum Gasteiger partial charge on any atom is -0.468 e. The molecule has 0 saturated carbocycles. The molecule has 19 heavy (non-hydrogen) atoms. The molecule has 0 unspecified atom stereocenters. The first kappa shape index (κ1) is 13.4. The van der Waals surface area contributed by atoms with Crippen LogP contribution in [0.1, 0.15) is 23.0 Å². The molecular formula is C13H11NO4S. The van der Waals surface area contributed by atoms with Gasteiger partial charge in [0.1, 0.15) is 5.76 Å². The fourth-order valence-corrected chi connectivity index (χ4v) is 2.49. The van der Waals surface area contributed by atoms with Crippen molar-refractivity contribution >= 4 is 23.2 Å². The summed E-state index contributed by atoms with van der Waals surface area (Å²) in [5.74, 6) is 0.508. The number of hydrogen-bond acceptors (Lipinski definition) is 5. The van der Waals surface area contributed by atoms with Gasteiger partial charge in [-0.05, 0) is 32.0 Å². The molecule has 0 bridgehead atoms. The van der Waals surface area contributed by atoms with Gasteiger partial charge in [-0.25, -0.2) is 0 Å². The van der Waals surface area contributed by atoms with Crippen LogP contribution in [-0.2, 0) is 0 Å². The zero-order chi connectivity index (χ0) is 14.0. The van der Waals surface area contributed by atoms with Gasteiger partial charge in [0, 0.05) is 11.6 Å². The summed E-state index contributed by atoms with van der Waals surface area (Å²) in [5.41, 5.74) is 0.262. The first-order chi connectivity index (χ1) is 8.99. The van der Waals surface area contributed by atoms with Crippen LogP contribution in [0.2, 0.25) is 0 Å². The SMILES string of the molecule is CC(=O)c1ccc(Sc2ccoc2C)c([N+](=O)[O-])c1. The number of furan rings is 1. The fraction of sp³-hybridized carbons (Fsp3) is 0.154. The smallest absolute Gasteiger partial charge is 0.283 e. The largest absolute Gasteiger partial charge is 0.468 e. The number of benzene rings is 1. The van der Waals surface area contributed by atoms with Gasteiger partial charge in [-0.2, -0.15) is 0 Å². The predicted octanol–water partition coefficient (Wildman–Crippen LogP) is 3.85. The van der Waals surface area contributed by atoms with Gasteiger partial charge >= 0.3 is 0 Å². The molecule has 0 aliphatic carbocycles. The van der Waals surface area contributed by atoms with Crippen molar-refractivity contribution in [3.05, 3.63) is 52.0 Å². The Morgan fingerprint density at radius 2 is 2.05 bits per heavy atom. The molecule has 0 atom stereocenters. The van der Waals surface area contributed by atoms with Crippen LogP contribution in [0.4, 0.5) is 5.69 Å². The van der Waals surface area contributed by atoms with Crippen LogP contribution in [0.25, 0.3) is 0 Å². The van der Waals surface area contributed by atoms with Crippen LogP contribution in [0.5, 0.6) is 0 Å². The van der Waals surface area contributed by atoms with Crippen molar-refractivity contribution in [2.45, 2.75) is 23.6 Å². The zero-order valence-electron chi connectivity index (χ0n) is 10.4. The minimum atomic E-state index is -0.482. The summed E-state index contributed by atoms with van der Waals surface area (Å²) in [4.78, 5) is 23.1. The number of rotatable bonds is 4. The zero-order valence-corrected chi connectivity index (χ0v) is 11.2. The molecule has 5 nitrogen and oxygen atoms in total. The molecule has 1 heterocycles. The maximum atomic E-state index is 11.3. The van der Waals surface area contributed by atoms with Crippen molar-refractivity contribution < 1.29 is 14.1 Å². The lowest BCUT2D eigenvalue weighted by Gasteiger charge is -2.03. The van der Waals surface area contributed by atoms with E-state index in [1.165, 1.54) is 31.0 Å². The highest BCUT2D eigenvalue weighted by molar-refractivity contribution is 7.99. The number of nitro groups is 1. The summed E-state index contributed by atoms with van der Waals surface area (Å²) in [6, 6.07) is 6.24. The van der Waals surface area contributed by atoms with Gasteiger partial charge in [0.2, 0.25) is 0 Å². The molecule has 0 radical (unpaired) electrons. The van der Waals surface area contributed by atoms with E-state index < -0.39 is 4.92 Å². The molecule has 2 rings (SSSR count). The number of aryl methyl sites for hydroxylation is 1. The van der Waals surface area contributed by atoms with E-state index in [4.69, 9.17) is 4.42 Å². The average molecular weight is 277 g/mol. The van der Waals surface area contributed by atoms with Crippen LogP contribution in [0, 0.1) is 17.0 Å². The molecule has 1 aromatic heterocycles. The van der Waals surface area contributed by atoms with E-state index in [0.717, 1.165) is 4.90 Å². The van der Waals surface area contributed by atoms with E-state index >= 15 is 0 Å². The number of carbonyl (C=O) groups excluding carboxylic acids is 1. The van der Waals surface area contributed by atoms with Gasteiger partial charge in [-0.3, -0.25) is 14.9 Å². The lowest BCUT2D eigenvalue weighted by atomic mass is 10.1. The van der Waals surface area contributed by atoms with Gasteiger partial charge in [0.05, 0.1) is 21.0 Å². The highest BCUT2D eigenvalue weighted by Gasteiger charge is 2.18. The van der Waals surface area contributed by atoms with Gasteiger partial charge < -0.3 is 4.42 Å². The first-order valence-corrected chi connectivity index (χ1v) is 6.32. The fourth-order valence-electron chi connectivity index (χ4n) is 1.56. The maximum Gasteiger partial charge on any atom is 0.283 e.